The second-order valence-corrected chi connectivity index (χ2v) is 8.85. The normalized spacial score (nSPS) is 23.0. The van der Waals surface area contributed by atoms with E-state index in [0.717, 1.165) is 6.42 Å². The monoisotopic (exact) mass is 388 g/mol. The predicted octanol–water partition coefficient (Wildman–Crippen LogP) is 0.781. The van der Waals surface area contributed by atoms with Crippen LogP contribution in [0.3, 0.4) is 0 Å². The molecule has 2 saturated heterocycles. The van der Waals surface area contributed by atoms with Crippen molar-refractivity contribution in [1.29, 1.82) is 0 Å². The maximum Gasteiger partial charge on any atom is 0.316 e. The van der Waals surface area contributed by atoms with E-state index < -0.39 is 10.0 Å². The van der Waals surface area contributed by atoms with E-state index in [-0.39, 0.29) is 23.9 Å². The lowest BCUT2D eigenvalue weighted by atomic mass is 9.97. The van der Waals surface area contributed by atoms with Gasteiger partial charge in [-0.05, 0) is 12.8 Å². The van der Waals surface area contributed by atoms with E-state index in [0.29, 0.717) is 44.0 Å². The van der Waals surface area contributed by atoms with Gasteiger partial charge in [0.15, 0.2) is 0 Å². The number of aromatic nitrogens is 2. The Kier molecular flexibility index (Phi) is 5.45. The molecular weight excluding hydrogens is 368 g/mol. The topological polar surface area (TPSA) is 92.7 Å². The van der Waals surface area contributed by atoms with E-state index >= 15 is 0 Å². The lowest BCUT2D eigenvalue weighted by Gasteiger charge is -2.31. The van der Waals surface area contributed by atoms with Crippen molar-refractivity contribution < 1.29 is 17.9 Å². The molecule has 3 heterocycles. The fourth-order valence-corrected chi connectivity index (χ4v) is 4.20. The van der Waals surface area contributed by atoms with Crippen molar-refractivity contribution in [1.82, 2.24) is 19.2 Å². The van der Waals surface area contributed by atoms with Crippen LogP contribution < -0.4 is 4.74 Å². The van der Waals surface area contributed by atoms with Gasteiger partial charge < -0.3 is 9.64 Å². The number of carbonyl (C=O) groups is 1. The van der Waals surface area contributed by atoms with E-state index in [4.69, 9.17) is 16.3 Å². The smallest absolute Gasteiger partial charge is 0.316 e. The van der Waals surface area contributed by atoms with Crippen molar-refractivity contribution in [3.63, 3.8) is 0 Å². The van der Waals surface area contributed by atoms with Gasteiger partial charge >= 0.3 is 6.01 Å². The SMILES string of the molecule is CS(=O)(=O)N1CCC(C(=O)N2CC[C@H](Oc3ncc(Cl)cn3)C2)CC1. The maximum absolute atomic E-state index is 12.7. The highest BCUT2D eigenvalue weighted by Gasteiger charge is 2.35. The van der Waals surface area contributed by atoms with Crippen molar-refractivity contribution >= 4 is 27.5 Å². The van der Waals surface area contributed by atoms with E-state index in [1.807, 2.05) is 0 Å². The van der Waals surface area contributed by atoms with Crippen LogP contribution in [0.4, 0.5) is 0 Å². The summed E-state index contributed by atoms with van der Waals surface area (Å²) in [5, 5.41) is 0.441. The average Bonchev–Trinajstić information content (AvgIpc) is 3.04. The molecule has 0 aromatic carbocycles. The summed E-state index contributed by atoms with van der Waals surface area (Å²) in [6.45, 7) is 1.93. The molecule has 1 aromatic rings. The van der Waals surface area contributed by atoms with Gasteiger partial charge in [-0.15, -0.1) is 0 Å². The number of hydrogen-bond acceptors (Lipinski definition) is 6. The first-order valence-electron chi connectivity index (χ1n) is 8.21. The van der Waals surface area contributed by atoms with Gasteiger partial charge in [0, 0.05) is 32.0 Å². The van der Waals surface area contributed by atoms with Crippen LogP contribution in [-0.4, -0.2) is 72.0 Å². The van der Waals surface area contributed by atoms with Crippen LogP contribution in [0.2, 0.25) is 5.02 Å². The van der Waals surface area contributed by atoms with Crippen LogP contribution in [0.5, 0.6) is 6.01 Å². The summed E-state index contributed by atoms with van der Waals surface area (Å²) < 4.78 is 30.2. The second kappa shape index (κ2) is 7.43. The van der Waals surface area contributed by atoms with Gasteiger partial charge in [0.05, 0.1) is 30.2 Å². The third kappa shape index (κ3) is 4.59. The van der Waals surface area contributed by atoms with E-state index in [1.165, 1.54) is 23.0 Å². The number of halogens is 1. The molecule has 0 aliphatic carbocycles. The Morgan fingerprint density at radius 1 is 1.20 bits per heavy atom. The highest BCUT2D eigenvalue weighted by Crippen LogP contribution is 2.24. The van der Waals surface area contributed by atoms with Crippen LogP contribution >= 0.6 is 11.6 Å². The number of piperidine rings is 1. The highest BCUT2D eigenvalue weighted by molar-refractivity contribution is 7.88. The van der Waals surface area contributed by atoms with Crippen LogP contribution in [0, 0.1) is 5.92 Å². The molecule has 2 aliphatic heterocycles. The molecule has 1 aromatic heterocycles. The van der Waals surface area contributed by atoms with Crippen LogP contribution in [0.1, 0.15) is 19.3 Å². The molecule has 0 saturated carbocycles. The largest absolute Gasteiger partial charge is 0.458 e. The fraction of sp³-hybridized carbons (Fsp3) is 0.667. The lowest BCUT2D eigenvalue weighted by molar-refractivity contribution is -0.135. The molecule has 2 aliphatic rings. The Morgan fingerprint density at radius 3 is 2.44 bits per heavy atom. The number of sulfonamides is 1. The summed E-state index contributed by atoms with van der Waals surface area (Å²) in [5.41, 5.74) is 0. The zero-order valence-corrected chi connectivity index (χ0v) is 15.5. The lowest BCUT2D eigenvalue weighted by Crippen LogP contribution is -2.43. The number of carbonyl (C=O) groups excluding carboxylic acids is 1. The molecular formula is C15H21ClN4O4S. The van der Waals surface area contributed by atoms with Crippen molar-refractivity contribution in [2.75, 3.05) is 32.4 Å². The summed E-state index contributed by atoms with van der Waals surface area (Å²) >= 11 is 5.74. The molecule has 25 heavy (non-hydrogen) atoms. The molecule has 0 N–H and O–H groups in total. The number of nitrogens with zero attached hydrogens (tertiary/aromatic N) is 4. The number of hydrogen-bond donors (Lipinski definition) is 0. The quantitative estimate of drug-likeness (QED) is 0.756. The van der Waals surface area contributed by atoms with Gasteiger partial charge in [-0.1, -0.05) is 11.6 Å². The first kappa shape index (κ1) is 18.3. The molecule has 0 radical (unpaired) electrons. The first-order valence-corrected chi connectivity index (χ1v) is 10.4. The molecule has 138 valence electrons. The molecule has 10 heteroatoms. The molecule has 3 rings (SSSR count). The van der Waals surface area contributed by atoms with Gasteiger partial charge in [0.25, 0.3) is 0 Å². The van der Waals surface area contributed by atoms with Crippen LogP contribution in [0.25, 0.3) is 0 Å². The minimum absolute atomic E-state index is 0.0799. The van der Waals surface area contributed by atoms with Gasteiger partial charge in [-0.2, -0.15) is 0 Å². The number of rotatable bonds is 4. The fourth-order valence-electron chi connectivity index (χ4n) is 3.23. The molecule has 0 spiro atoms. The van der Waals surface area contributed by atoms with Crippen LogP contribution in [0.15, 0.2) is 12.4 Å². The Bertz CT molecular complexity index is 720. The predicted molar refractivity (Wildman–Crippen MR) is 91.8 cm³/mol. The molecule has 1 amide bonds. The zero-order chi connectivity index (χ0) is 18.0. The second-order valence-electron chi connectivity index (χ2n) is 6.43. The summed E-state index contributed by atoms with van der Waals surface area (Å²) in [6.07, 6.45) is 5.86. The standard InChI is InChI=1S/C15H21ClN4O4S/c1-25(22,23)20-6-2-11(3-7-20)14(21)19-5-4-13(10-19)24-15-17-8-12(16)9-18-15/h8-9,11,13H,2-7,10H2,1H3/t13-/m0/s1. The Labute approximate surface area is 152 Å². The van der Waals surface area contributed by atoms with Gasteiger partial charge in [-0.3, -0.25) is 4.79 Å². The Hall–Kier alpha value is -1.45. The molecule has 1 atom stereocenters. The molecule has 8 nitrogen and oxygen atoms in total. The Balaban J connectivity index is 1.50. The minimum atomic E-state index is -3.18. The van der Waals surface area contributed by atoms with Gasteiger partial charge in [0.2, 0.25) is 15.9 Å². The summed E-state index contributed by atoms with van der Waals surface area (Å²) in [7, 11) is -3.18. The number of likely N-dealkylation sites (tertiary alicyclic amines) is 1. The average molecular weight is 389 g/mol. The van der Waals surface area contributed by atoms with E-state index in [1.54, 1.807) is 4.90 Å². The molecule has 0 unspecified atom stereocenters. The number of ether oxygens (including phenoxy) is 1. The van der Waals surface area contributed by atoms with Gasteiger partial charge in [0.1, 0.15) is 6.10 Å². The van der Waals surface area contributed by atoms with Crippen molar-refractivity contribution in [3.05, 3.63) is 17.4 Å². The summed E-state index contributed by atoms with van der Waals surface area (Å²) in [6, 6.07) is 0.255. The van der Waals surface area contributed by atoms with E-state index in [9.17, 15) is 13.2 Å². The minimum Gasteiger partial charge on any atom is -0.458 e. The molecule has 0 bridgehead atoms. The van der Waals surface area contributed by atoms with Crippen molar-refractivity contribution in [3.8, 4) is 6.01 Å². The molecule has 2 fully saturated rings. The summed E-state index contributed by atoms with van der Waals surface area (Å²) in [5.74, 6) is -0.0418. The van der Waals surface area contributed by atoms with E-state index in [2.05, 4.69) is 9.97 Å². The number of amides is 1. The Morgan fingerprint density at radius 2 is 1.84 bits per heavy atom. The third-order valence-electron chi connectivity index (χ3n) is 4.60. The van der Waals surface area contributed by atoms with Crippen molar-refractivity contribution in [2.24, 2.45) is 5.92 Å². The highest BCUT2D eigenvalue weighted by atomic mass is 35.5. The third-order valence-corrected chi connectivity index (χ3v) is 6.10. The zero-order valence-electron chi connectivity index (χ0n) is 14.0. The van der Waals surface area contributed by atoms with Gasteiger partial charge in [-0.25, -0.2) is 22.7 Å². The van der Waals surface area contributed by atoms with Crippen LogP contribution in [-0.2, 0) is 14.8 Å². The maximum atomic E-state index is 12.7. The van der Waals surface area contributed by atoms with Crippen molar-refractivity contribution in [2.45, 2.75) is 25.4 Å². The first-order chi connectivity index (χ1) is 11.8. The summed E-state index contributed by atoms with van der Waals surface area (Å²) in [4.78, 5) is 22.4.